The van der Waals surface area contributed by atoms with Crippen molar-refractivity contribution in [1.82, 2.24) is 15.1 Å². The lowest BCUT2D eigenvalue weighted by atomic mass is 9.88. The van der Waals surface area contributed by atoms with E-state index in [0.29, 0.717) is 55.9 Å². The lowest BCUT2D eigenvalue weighted by Crippen LogP contribution is -2.44. The number of hydrogen-bond acceptors (Lipinski definition) is 12. The Labute approximate surface area is 407 Å². The molecule has 0 radical (unpaired) electrons. The molecule has 0 spiro atoms. The maximum atomic E-state index is 13.5. The highest BCUT2D eigenvalue weighted by Gasteiger charge is 2.45. The molecule has 1 fully saturated rings. The van der Waals surface area contributed by atoms with E-state index >= 15 is 0 Å². The molecular formula is C51H77BF2N4O11. The minimum absolute atomic E-state index is 0.0439. The van der Waals surface area contributed by atoms with Crippen LogP contribution in [0, 0.1) is 31.6 Å². The van der Waals surface area contributed by atoms with Crippen molar-refractivity contribution in [3.63, 3.8) is 0 Å². The van der Waals surface area contributed by atoms with Crippen molar-refractivity contribution >= 4 is 37.2 Å². The van der Waals surface area contributed by atoms with Gasteiger partial charge in [0.25, 0.3) is 0 Å². The third-order valence-corrected chi connectivity index (χ3v) is 12.8. The van der Waals surface area contributed by atoms with Gasteiger partial charge in [-0.25, -0.2) is 4.79 Å². The molecule has 0 saturated carbocycles. The second-order valence-electron chi connectivity index (χ2n) is 18.9. The highest BCUT2D eigenvalue weighted by molar-refractivity contribution is 6.41. The number of aliphatic imine (C=N–C) groups is 1. The lowest BCUT2D eigenvalue weighted by Gasteiger charge is -2.32. The molecule has 18 heteroatoms. The quantitative estimate of drug-likeness (QED) is 0.0167. The molecule has 15 nitrogen and oxygen atoms in total. The first-order valence-electron chi connectivity index (χ1n) is 24.6. The third kappa shape index (κ3) is 19.3. The van der Waals surface area contributed by atoms with Crippen LogP contribution in [0.15, 0.2) is 64.9 Å². The van der Waals surface area contributed by atoms with Gasteiger partial charge in [0.05, 0.1) is 63.0 Å². The second kappa shape index (κ2) is 28.4. The number of allylic oxidation sites excluding steroid dienone is 5. The van der Waals surface area contributed by atoms with Crippen molar-refractivity contribution in [1.29, 1.82) is 0 Å². The molecule has 0 aromatic carbocycles. The summed E-state index contributed by atoms with van der Waals surface area (Å²) in [7, 11) is -2.63. The molecule has 1 aromatic rings. The van der Waals surface area contributed by atoms with E-state index in [1.165, 1.54) is 6.92 Å². The van der Waals surface area contributed by atoms with Crippen LogP contribution in [0.1, 0.15) is 116 Å². The first-order valence-corrected chi connectivity index (χ1v) is 24.6. The van der Waals surface area contributed by atoms with Crippen LogP contribution >= 0.6 is 0 Å². The molecular weight excluding hydrogens is 893 g/mol. The zero-order valence-corrected chi connectivity index (χ0v) is 41.8. The number of cyclic esters (lactones) is 1. The number of carbonyl (C=O) groups is 3. The van der Waals surface area contributed by atoms with Crippen LogP contribution in [0.4, 0.5) is 13.4 Å². The van der Waals surface area contributed by atoms with Gasteiger partial charge in [0.15, 0.2) is 6.10 Å². The van der Waals surface area contributed by atoms with Crippen LogP contribution in [-0.4, -0.2) is 133 Å². The predicted octanol–water partition coefficient (Wildman–Crippen LogP) is 7.14. The average Bonchev–Trinajstić information content (AvgIpc) is 3.80. The number of aryl methyl sites for hydroxylation is 2. The Kier molecular flexibility index (Phi) is 23.5. The van der Waals surface area contributed by atoms with Crippen molar-refractivity contribution < 1.29 is 62.0 Å². The number of hydrogen-bond donors (Lipinski definition) is 5. The van der Waals surface area contributed by atoms with Gasteiger partial charge in [-0.15, -0.1) is 0 Å². The molecule has 69 heavy (non-hydrogen) atoms. The maximum absolute atomic E-state index is 13.5. The summed E-state index contributed by atoms with van der Waals surface area (Å²) >= 11 is 0. The molecule has 1 aromatic heterocycles. The number of aliphatic hydroxyl groups excluding tert-OH is 2. The summed E-state index contributed by atoms with van der Waals surface area (Å²) in [6, 6.07) is 1.73. The van der Waals surface area contributed by atoms with Crippen molar-refractivity contribution in [3.05, 3.63) is 76.8 Å². The van der Waals surface area contributed by atoms with E-state index < -0.39 is 43.4 Å². The van der Waals surface area contributed by atoms with Gasteiger partial charge in [-0.1, -0.05) is 52.0 Å². The van der Waals surface area contributed by atoms with Crippen molar-refractivity contribution in [2.75, 3.05) is 39.5 Å². The highest BCUT2D eigenvalue weighted by atomic mass is 19.2. The molecule has 384 valence electrons. The molecule has 10 atom stereocenters. The molecule has 4 rings (SSSR count). The SMILES string of the molecule is CCC(O)C(C)C1OC1CC(C)/C=C/C=C(\C)C1OC(=O)CC(O)CCC(C)(O)C(OC(=O)NCCOCCOCCNC(=O)CCCCC2=N/C(=C\c3c(C)cc(C)n3B(F)F)C=C2)/C=C/C1C. The van der Waals surface area contributed by atoms with Gasteiger partial charge in [0.1, 0.15) is 11.7 Å². The van der Waals surface area contributed by atoms with E-state index in [4.69, 9.17) is 23.7 Å². The summed E-state index contributed by atoms with van der Waals surface area (Å²) in [5, 5.41) is 37.8. The number of amides is 2. The summed E-state index contributed by atoms with van der Waals surface area (Å²) in [4.78, 5) is 42.7. The Balaban J connectivity index is 1.11. The molecule has 10 unspecified atom stereocenters. The lowest BCUT2D eigenvalue weighted by molar-refractivity contribution is -0.151. The Bertz CT molecular complexity index is 2020. The number of nitrogens with one attached hydrogen (secondary N) is 2. The van der Waals surface area contributed by atoms with Crippen molar-refractivity contribution in [2.24, 2.45) is 22.7 Å². The molecule has 0 bridgehead atoms. The van der Waals surface area contributed by atoms with Crippen LogP contribution in [0.5, 0.6) is 0 Å². The zero-order valence-electron chi connectivity index (χ0n) is 41.8. The van der Waals surface area contributed by atoms with Gasteiger partial charge >= 0.3 is 19.5 Å². The van der Waals surface area contributed by atoms with Gasteiger partial charge in [0, 0.05) is 48.4 Å². The van der Waals surface area contributed by atoms with Crippen LogP contribution in [0.3, 0.4) is 0 Å². The van der Waals surface area contributed by atoms with Crippen molar-refractivity contribution in [2.45, 2.75) is 155 Å². The molecule has 3 aliphatic rings. The zero-order chi connectivity index (χ0) is 50.7. The predicted molar refractivity (Wildman–Crippen MR) is 263 cm³/mol. The first kappa shape index (κ1) is 57.1. The number of unbranched alkanes of at least 4 members (excludes halogenated alkanes) is 1. The minimum atomic E-state index is -2.63. The number of halogens is 2. The molecule has 4 heterocycles. The van der Waals surface area contributed by atoms with Gasteiger partial charge in [-0.05, 0) is 120 Å². The molecule has 5 N–H and O–H groups in total. The summed E-state index contributed by atoms with van der Waals surface area (Å²) in [5.74, 6) is -0.738. The molecule has 1 saturated heterocycles. The normalized spacial score (nSPS) is 26.7. The van der Waals surface area contributed by atoms with Gasteiger partial charge in [0.2, 0.25) is 5.91 Å². The number of nitrogens with zero attached hydrogens (tertiary/aromatic N) is 2. The fraction of sp³-hybridized carbons (Fsp3) is 0.647. The van der Waals surface area contributed by atoms with Gasteiger partial charge in [-0.2, -0.15) is 0 Å². The number of aromatic nitrogens is 1. The van der Waals surface area contributed by atoms with Crippen molar-refractivity contribution in [3.8, 4) is 0 Å². The largest absolute Gasteiger partial charge is 0.677 e. The monoisotopic (exact) mass is 971 g/mol. The number of ether oxygens (including phenoxy) is 5. The summed E-state index contributed by atoms with van der Waals surface area (Å²) in [6.45, 7) is 16.2. The smallest absolute Gasteiger partial charge is 0.457 e. The fourth-order valence-corrected chi connectivity index (χ4v) is 8.49. The van der Waals surface area contributed by atoms with Crippen LogP contribution in [0.25, 0.3) is 6.08 Å². The number of epoxide rings is 1. The van der Waals surface area contributed by atoms with Crippen LogP contribution in [-0.2, 0) is 33.3 Å². The summed E-state index contributed by atoms with van der Waals surface area (Å²) in [6.07, 6.45) is 14.6. The third-order valence-electron chi connectivity index (χ3n) is 12.8. The summed E-state index contributed by atoms with van der Waals surface area (Å²) < 4.78 is 56.6. The Morgan fingerprint density at radius 3 is 2.49 bits per heavy atom. The standard InChI is InChI=1S/C51H77BF2N4O11/c1-9-43(60)38(7)49-44(67-49)29-33(2)13-12-14-34(3)48-35(4)17-20-45(51(8,64)22-21-41(59)32-47(62)69-48)68-50(63)56-24-26-66-28-27-65-25-23-55-46(61)16-11-10-15-39-18-19-40(57-39)31-42-36(5)30-37(6)58(42)52(53)54/h12-14,17-20,30-31,33,35,38,41,43-45,48-49,59-60,64H,9-11,15-16,21-29,32H2,1-8H3,(H,55,61)(H,56,63)/b13-12+,20-17+,34-14+,40-31-. The molecule has 2 amide bonds. The van der Waals surface area contributed by atoms with E-state index in [1.54, 1.807) is 38.1 Å². The fourth-order valence-electron chi connectivity index (χ4n) is 8.49. The van der Waals surface area contributed by atoms with E-state index in [1.807, 2.05) is 52.0 Å². The van der Waals surface area contributed by atoms with E-state index in [-0.39, 0.29) is 87.6 Å². The minimum Gasteiger partial charge on any atom is -0.457 e. The van der Waals surface area contributed by atoms with Gasteiger partial charge < -0.3 is 54.1 Å². The Morgan fingerprint density at radius 1 is 1.09 bits per heavy atom. The number of rotatable bonds is 25. The Morgan fingerprint density at radius 2 is 1.80 bits per heavy atom. The second-order valence-corrected chi connectivity index (χ2v) is 18.9. The van der Waals surface area contributed by atoms with Crippen LogP contribution in [0.2, 0.25) is 0 Å². The first-order chi connectivity index (χ1) is 32.8. The van der Waals surface area contributed by atoms with Gasteiger partial charge in [-0.3, -0.25) is 23.2 Å². The van der Waals surface area contributed by atoms with E-state index in [9.17, 15) is 38.3 Å². The number of carbonyl (C=O) groups excluding carboxylic acids is 3. The Hall–Kier alpha value is -4.46. The topological polar surface area (TPSA) is 203 Å². The number of alkyl carbamates (subject to hydrolysis) is 1. The maximum Gasteiger partial charge on any atom is 0.677 e. The number of esters is 1. The summed E-state index contributed by atoms with van der Waals surface area (Å²) in [5.41, 5.74) is 2.37. The van der Waals surface area contributed by atoms with E-state index in [2.05, 4.69) is 28.6 Å². The highest BCUT2D eigenvalue weighted by Crippen LogP contribution is 2.36. The molecule has 0 aliphatic carbocycles. The average molecular weight is 971 g/mol. The van der Waals surface area contributed by atoms with Crippen LogP contribution < -0.4 is 10.6 Å². The number of aliphatic hydroxyl groups is 3. The van der Waals surface area contributed by atoms with E-state index in [0.717, 1.165) is 34.2 Å². The molecule has 3 aliphatic heterocycles.